The van der Waals surface area contributed by atoms with Gasteiger partial charge in [0, 0.05) is 38.3 Å². The van der Waals surface area contributed by atoms with Crippen LogP contribution in [0, 0.1) is 17.0 Å². The summed E-state index contributed by atoms with van der Waals surface area (Å²) in [6.45, 7) is 3.37. The largest absolute Gasteiger partial charge is 0.352 e. The minimum Gasteiger partial charge on any atom is -0.352 e. The first kappa shape index (κ1) is 21.4. The number of imide groups is 1. The molecule has 3 amide bonds. The van der Waals surface area contributed by atoms with Gasteiger partial charge >= 0.3 is 0 Å². The number of para-hydroxylation sites is 2. The normalized spacial score (nSPS) is 15.7. The maximum Gasteiger partial charge on any atom is 0.270 e. The number of nitro benzene ring substituents is 1. The van der Waals surface area contributed by atoms with Crippen molar-refractivity contribution in [2.24, 2.45) is 0 Å². The van der Waals surface area contributed by atoms with Gasteiger partial charge in [-0.1, -0.05) is 12.1 Å². The average Bonchev–Trinajstić information content (AvgIpc) is 3.08. The van der Waals surface area contributed by atoms with E-state index in [1.54, 1.807) is 4.90 Å². The second kappa shape index (κ2) is 8.18. The molecule has 2 aliphatic rings. The molecule has 2 aromatic carbocycles. The topological polar surface area (TPSA) is 130 Å². The minimum absolute atomic E-state index is 0.0535. The number of non-ortho nitro benzene ring substituents is 1. The number of fused-ring (bicyclic) bond motifs is 2. The molecule has 11 nitrogen and oxygen atoms in total. The van der Waals surface area contributed by atoms with Crippen molar-refractivity contribution in [3.05, 3.63) is 69.4 Å². The van der Waals surface area contributed by atoms with Crippen molar-refractivity contribution < 1.29 is 19.3 Å². The predicted octanol–water partition coefficient (Wildman–Crippen LogP) is 1.79. The molecule has 0 radical (unpaired) electrons. The first-order chi connectivity index (χ1) is 16.3. The zero-order valence-corrected chi connectivity index (χ0v) is 18.3. The number of carbonyl (C=O) groups excluding carboxylic acids is 3. The number of hydrogen-bond acceptors (Lipinski definition) is 8. The van der Waals surface area contributed by atoms with Crippen LogP contribution in [0.1, 0.15) is 26.4 Å². The number of aryl methyl sites for hydroxylation is 1. The van der Waals surface area contributed by atoms with Crippen molar-refractivity contribution in [2.75, 3.05) is 37.6 Å². The fraction of sp³-hybridized carbons (Fsp3) is 0.261. The molecule has 0 bridgehead atoms. The van der Waals surface area contributed by atoms with E-state index in [0.29, 0.717) is 26.2 Å². The van der Waals surface area contributed by atoms with Crippen molar-refractivity contribution in [3.8, 4) is 0 Å². The van der Waals surface area contributed by atoms with Crippen molar-refractivity contribution >= 4 is 40.3 Å². The van der Waals surface area contributed by atoms with Gasteiger partial charge in [-0.15, -0.1) is 0 Å². The van der Waals surface area contributed by atoms with E-state index in [1.807, 2.05) is 31.2 Å². The van der Waals surface area contributed by atoms with Gasteiger partial charge in [0.15, 0.2) is 5.82 Å². The van der Waals surface area contributed by atoms with Gasteiger partial charge in [-0.3, -0.25) is 29.4 Å². The molecule has 3 heterocycles. The Morgan fingerprint density at radius 1 is 0.971 bits per heavy atom. The van der Waals surface area contributed by atoms with Crippen molar-refractivity contribution in [3.63, 3.8) is 0 Å². The summed E-state index contributed by atoms with van der Waals surface area (Å²) < 4.78 is 0. The van der Waals surface area contributed by atoms with Gasteiger partial charge in [0.1, 0.15) is 6.54 Å². The Balaban J connectivity index is 1.25. The summed E-state index contributed by atoms with van der Waals surface area (Å²) in [6, 6.07) is 11.1. The highest BCUT2D eigenvalue weighted by atomic mass is 16.6. The molecule has 1 aromatic heterocycles. The van der Waals surface area contributed by atoms with Gasteiger partial charge in [-0.2, -0.15) is 0 Å². The van der Waals surface area contributed by atoms with Gasteiger partial charge in [0.25, 0.3) is 17.5 Å². The Bertz CT molecular complexity index is 1370. The van der Waals surface area contributed by atoms with E-state index >= 15 is 0 Å². The molecule has 172 valence electrons. The number of carbonyl (C=O) groups is 3. The Labute approximate surface area is 193 Å². The standard InChI is InChI=1S/C23H20N6O5/c1-14-21(25-19-5-3-2-4-18(19)24-14)27-10-8-26(9-11-27)20(30)13-28-22(31)16-7-6-15(29(33)34)12-17(16)23(28)32/h2-7,12H,8-11,13H2,1H3. The number of nitro groups is 1. The van der Waals surface area contributed by atoms with Gasteiger partial charge in [-0.05, 0) is 25.1 Å². The molecule has 11 heteroatoms. The summed E-state index contributed by atoms with van der Waals surface area (Å²) in [6.07, 6.45) is 0. The summed E-state index contributed by atoms with van der Waals surface area (Å²) in [5.41, 5.74) is 2.16. The molecule has 0 unspecified atom stereocenters. The highest BCUT2D eigenvalue weighted by Crippen LogP contribution is 2.27. The van der Waals surface area contributed by atoms with Crippen LogP contribution in [0.2, 0.25) is 0 Å². The minimum atomic E-state index is -0.697. The molecular formula is C23H20N6O5. The van der Waals surface area contributed by atoms with Crippen LogP contribution in [-0.4, -0.2) is 75.1 Å². The van der Waals surface area contributed by atoms with Gasteiger partial charge < -0.3 is 9.80 Å². The second-order valence-corrected chi connectivity index (χ2v) is 8.17. The molecule has 1 saturated heterocycles. The summed E-state index contributed by atoms with van der Waals surface area (Å²) in [5, 5.41) is 11.0. The number of amides is 3. The SMILES string of the molecule is Cc1nc2ccccc2nc1N1CCN(C(=O)CN2C(=O)c3ccc([N+](=O)[O-])cc3C2=O)CC1. The first-order valence-electron chi connectivity index (χ1n) is 10.7. The molecule has 2 aliphatic heterocycles. The van der Waals surface area contributed by atoms with Gasteiger partial charge in [0.2, 0.25) is 5.91 Å². The quantitative estimate of drug-likeness (QED) is 0.327. The zero-order valence-electron chi connectivity index (χ0n) is 18.3. The van der Waals surface area contributed by atoms with Crippen molar-refractivity contribution in [2.45, 2.75) is 6.92 Å². The molecule has 0 saturated carbocycles. The Kier molecular flexibility index (Phi) is 5.16. The highest BCUT2D eigenvalue weighted by molar-refractivity contribution is 6.22. The lowest BCUT2D eigenvalue weighted by Gasteiger charge is -2.36. The molecule has 0 aliphatic carbocycles. The van der Waals surface area contributed by atoms with E-state index in [0.717, 1.165) is 33.5 Å². The fourth-order valence-corrected chi connectivity index (χ4v) is 4.32. The Hall–Kier alpha value is -4.41. The summed E-state index contributed by atoms with van der Waals surface area (Å²) in [4.78, 5) is 62.4. The molecule has 34 heavy (non-hydrogen) atoms. The van der Waals surface area contributed by atoms with Crippen LogP contribution in [0.3, 0.4) is 0 Å². The average molecular weight is 460 g/mol. The molecule has 0 atom stereocenters. The fourth-order valence-electron chi connectivity index (χ4n) is 4.32. The summed E-state index contributed by atoms with van der Waals surface area (Å²) >= 11 is 0. The lowest BCUT2D eigenvalue weighted by molar-refractivity contribution is -0.384. The smallest absolute Gasteiger partial charge is 0.270 e. The van der Waals surface area contributed by atoms with Crippen LogP contribution >= 0.6 is 0 Å². The third-order valence-electron chi connectivity index (χ3n) is 6.11. The van der Waals surface area contributed by atoms with Crippen LogP contribution in [0.15, 0.2) is 42.5 Å². The Morgan fingerprint density at radius 3 is 2.29 bits per heavy atom. The first-order valence-corrected chi connectivity index (χ1v) is 10.7. The van der Waals surface area contributed by atoms with Crippen LogP contribution < -0.4 is 4.90 Å². The van der Waals surface area contributed by atoms with E-state index in [9.17, 15) is 24.5 Å². The van der Waals surface area contributed by atoms with E-state index in [2.05, 4.69) is 9.88 Å². The maximum absolute atomic E-state index is 12.9. The van der Waals surface area contributed by atoms with E-state index in [-0.39, 0.29) is 22.7 Å². The van der Waals surface area contributed by atoms with E-state index < -0.39 is 23.3 Å². The number of hydrogen-bond donors (Lipinski definition) is 0. The number of nitrogens with zero attached hydrogens (tertiary/aromatic N) is 6. The molecule has 3 aromatic rings. The molecule has 5 rings (SSSR count). The van der Waals surface area contributed by atoms with Gasteiger partial charge in [-0.25, -0.2) is 9.97 Å². The Morgan fingerprint density at radius 2 is 1.62 bits per heavy atom. The van der Waals surface area contributed by atoms with Crippen LogP contribution in [0.25, 0.3) is 11.0 Å². The molecular weight excluding hydrogens is 440 g/mol. The number of aromatic nitrogens is 2. The number of anilines is 1. The molecule has 0 N–H and O–H groups in total. The van der Waals surface area contributed by atoms with Crippen LogP contribution in [0.5, 0.6) is 0 Å². The monoisotopic (exact) mass is 460 g/mol. The van der Waals surface area contributed by atoms with Crippen molar-refractivity contribution in [1.29, 1.82) is 0 Å². The number of piperazine rings is 1. The van der Waals surface area contributed by atoms with Gasteiger partial charge in [0.05, 0.1) is 32.8 Å². The predicted molar refractivity (Wildman–Crippen MR) is 122 cm³/mol. The third kappa shape index (κ3) is 3.60. The maximum atomic E-state index is 12.9. The molecule has 1 fully saturated rings. The zero-order chi connectivity index (χ0) is 24.0. The van der Waals surface area contributed by atoms with Crippen LogP contribution in [0.4, 0.5) is 11.5 Å². The third-order valence-corrected chi connectivity index (χ3v) is 6.11. The highest BCUT2D eigenvalue weighted by Gasteiger charge is 2.39. The lowest BCUT2D eigenvalue weighted by atomic mass is 10.1. The van der Waals surface area contributed by atoms with Crippen molar-refractivity contribution in [1.82, 2.24) is 19.8 Å². The molecule has 0 spiro atoms. The number of benzene rings is 2. The van der Waals surface area contributed by atoms with Crippen LogP contribution in [-0.2, 0) is 4.79 Å². The van der Waals surface area contributed by atoms with E-state index in [1.165, 1.54) is 12.1 Å². The summed E-state index contributed by atoms with van der Waals surface area (Å²) in [7, 11) is 0. The number of rotatable bonds is 4. The lowest BCUT2D eigenvalue weighted by Crippen LogP contribution is -2.52. The summed E-state index contributed by atoms with van der Waals surface area (Å²) in [5.74, 6) is -0.903. The van der Waals surface area contributed by atoms with E-state index in [4.69, 9.17) is 4.98 Å². The second-order valence-electron chi connectivity index (χ2n) is 8.17.